The van der Waals surface area contributed by atoms with Gasteiger partial charge < -0.3 is 15.4 Å². The van der Waals surface area contributed by atoms with E-state index < -0.39 is 31.0 Å². The molecular weight excluding hydrogens is 471 g/mol. The lowest BCUT2D eigenvalue weighted by molar-refractivity contribution is -0.176. The van der Waals surface area contributed by atoms with E-state index in [0.29, 0.717) is 24.3 Å². The van der Waals surface area contributed by atoms with Crippen LogP contribution in [0.1, 0.15) is 12.0 Å². The Hall–Kier alpha value is -3.73. The van der Waals surface area contributed by atoms with E-state index in [2.05, 4.69) is 27.0 Å². The number of alkyl halides is 3. The molecule has 6 nitrogen and oxygen atoms in total. The molecule has 1 saturated heterocycles. The van der Waals surface area contributed by atoms with Gasteiger partial charge in [-0.15, -0.1) is 5.10 Å². The van der Waals surface area contributed by atoms with E-state index in [1.54, 1.807) is 0 Å². The number of hydrogen-bond donors (Lipinski definition) is 2. The van der Waals surface area contributed by atoms with E-state index in [1.807, 2.05) is 0 Å². The van der Waals surface area contributed by atoms with E-state index in [9.17, 15) is 26.7 Å². The lowest BCUT2D eigenvalue weighted by Gasteiger charge is -2.11. The Bertz CT molecular complexity index is 1240. The third kappa shape index (κ3) is 6.24. The highest BCUT2D eigenvalue weighted by Crippen LogP contribution is 2.29. The SMILES string of the molecule is C=C1C[C@H](C(=O)Nc2cc(-c3cc(F)cc(COCC(F)(F)F)c3)n(-c3ccc(F)cc3)n2)CN1. The lowest BCUT2D eigenvalue weighted by atomic mass is 10.1. The molecule has 0 aliphatic carbocycles. The van der Waals surface area contributed by atoms with Crippen LogP contribution in [0.15, 0.2) is 60.8 Å². The molecule has 4 rings (SSSR count). The van der Waals surface area contributed by atoms with Crippen molar-refractivity contribution in [2.24, 2.45) is 5.92 Å². The number of rotatable bonds is 7. The molecule has 0 spiro atoms. The van der Waals surface area contributed by atoms with Gasteiger partial charge in [0.2, 0.25) is 5.91 Å². The summed E-state index contributed by atoms with van der Waals surface area (Å²) in [5, 5.41) is 10.1. The van der Waals surface area contributed by atoms with Crippen LogP contribution in [0.4, 0.5) is 27.8 Å². The minimum absolute atomic E-state index is 0.172. The number of benzene rings is 2. The van der Waals surface area contributed by atoms with Crippen LogP contribution in [-0.4, -0.2) is 35.0 Å². The Morgan fingerprint density at radius 1 is 1.14 bits per heavy atom. The molecule has 2 N–H and O–H groups in total. The van der Waals surface area contributed by atoms with E-state index in [0.717, 1.165) is 11.8 Å². The van der Waals surface area contributed by atoms with Crippen LogP contribution in [0, 0.1) is 17.6 Å². The van der Waals surface area contributed by atoms with Crippen molar-refractivity contribution in [3.8, 4) is 16.9 Å². The minimum Gasteiger partial charge on any atom is -0.388 e. The number of halogens is 5. The van der Waals surface area contributed by atoms with E-state index in [-0.39, 0.29) is 28.8 Å². The largest absolute Gasteiger partial charge is 0.411 e. The van der Waals surface area contributed by atoms with Gasteiger partial charge in [-0.05, 0) is 54.4 Å². The van der Waals surface area contributed by atoms with Crippen molar-refractivity contribution in [2.45, 2.75) is 19.2 Å². The molecule has 1 atom stereocenters. The number of anilines is 1. The van der Waals surface area contributed by atoms with Gasteiger partial charge in [-0.3, -0.25) is 4.79 Å². The summed E-state index contributed by atoms with van der Waals surface area (Å²) in [7, 11) is 0. The second-order valence-corrected chi connectivity index (χ2v) is 8.13. The van der Waals surface area contributed by atoms with Crippen LogP contribution in [-0.2, 0) is 16.1 Å². The number of nitrogens with one attached hydrogen (secondary N) is 2. The normalized spacial score (nSPS) is 15.8. The molecule has 0 bridgehead atoms. The van der Waals surface area contributed by atoms with E-state index in [4.69, 9.17) is 0 Å². The second kappa shape index (κ2) is 9.87. The van der Waals surface area contributed by atoms with Crippen LogP contribution >= 0.6 is 0 Å². The van der Waals surface area contributed by atoms with Gasteiger partial charge in [-0.1, -0.05) is 6.58 Å². The quantitative estimate of drug-likeness (QED) is 0.458. The molecule has 35 heavy (non-hydrogen) atoms. The third-order valence-corrected chi connectivity index (χ3v) is 5.28. The van der Waals surface area contributed by atoms with Crippen LogP contribution < -0.4 is 10.6 Å². The number of hydrogen-bond acceptors (Lipinski definition) is 4. The fourth-order valence-corrected chi connectivity index (χ4v) is 3.72. The molecule has 0 unspecified atom stereocenters. The first-order valence-electron chi connectivity index (χ1n) is 10.6. The summed E-state index contributed by atoms with van der Waals surface area (Å²) in [4.78, 5) is 12.6. The molecule has 1 aliphatic heterocycles. The number of ether oxygens (including phenoxy) is 1. The van der Waals surface area contributed by atoms with E-state index in [1.165, 1.54) is 47.1 Å². The lowest BCUT2D eigenvalue weighted by Crippen LogP contribution is -2.24. The Morgan fingerprint density at radius 2 is 1.89 bits per heavy atom. The van der Waals surface area contributed by atoms with Crippen LogP contribution in [0.5, 0.6) is 0 Å². The van der Waals surface area contributed by atoms with Gasteiger partial charge in [-0.25, -0.2) is 13.5 Å². The maximum absolute atomic E-state index is 14.4. The number of allylic oxidation sites excluding steroid dienone is 1. The molecule has 2 aromatic carbocycles. The molecule has 0 radical (unpaired) electrons. The van der Waals surface area contributed by atoms with E-state index >= 15 is 0 Å². The van der Waals surface area contributed by atoms with Crippen LogP contribution in [0.2, 0.25) is 0 Å². The fraction of sp³-hybridized carbons (Fsp3) is 0.250. The van der Waals surface area contributed by atoms with Gasteiger partial charge in [0.1, 0.15) is 18.2 Å². The topological polar surface area (TPSA) is 68.2 Å². The van der Waals surface area contributed by atoms with Crippen LogP contribution in [0.3, 0.4) is 0 Å². The molecule has 1 fully saturated rings. The molecule has 11 heteroatoms. The van der Waals surface area contributed by atoms with Crippen molar-refractivity contribution in [2.75, 3.05) is 18.5 Å². The van der Waals surface area contributed by atoms with Gasteiger partial charge in [0.15, 0.2) is 5.82 Å². The highest BCUT2D eigenvalue weighted by molar-refractivity contribution is 5.93. The molecule has 184 valence electrons. The Labute approximate surface area is 197 Å². The zero-order valence-electron chi connectivity index (χ0n) is 18.3. The first-order valence-corrected chi connectivity index (χ1v) is 10.6. The van der Waals surface area contributed by atoms with Crippen molar-refractivity contribution < 1.29 is 31.5 Å². The van der Waals surface area contributed by atoms with Gasteiger partial charge in [0.25, 0.3) is 0 Å². The average molecular weight is 492 g/mol. The predicted molar refractivity (Wildman–Crippen MR) is 119 cm³/mol. The molecule has 2 heterocycles. The summed E-state index contributed by atoms with van der Waals surface area (Å²) in [5.74, 6) is -1.62. The highest BCUT2D eigenvalue weighted by Gasteiger charge is 2.28. The van der Waals surface area contributed by atoms with Gasteiger partial charge in [0, 0.05) is 23.9 Å². The summed E-state index contributed by atoms with van der Waals surface area (Å²) < 4.78 is 71.1. The number of amides is 1. The molecule has 1 amide bonds. The molecule has 1 aliphatic rings. The maximum atomic E-state index is 14.4. The number of carbonyl (C=O) groups is 1. The first-order chi connectivity index (χ1) is 16.6. The minimum atomic E-state index is -4.51. The Morgan fingerprint density at radius 3 is 2.54 bits per heavy atom. The Kier molecular flexibility index (Phi) is 6.88. The second-order valence-electron chi connectivity index (χ2n) is 8.13. The van der Waals surface area contributed by atoms with Crippen molar-refractivity contribution >= 4 is 11.7 Å². The highest BCUT2D eigenvalue weighted by atomic mass is 19.4. The monoisotopic (exact) mass is 492 g/mol. The van der Waals surface area contributed by atoms with Gasteiger partial charge in [-0.2, -0.15) is 13.2 Å². The molecule has 3 aromatic rings. The zero-order chi connectivity index (χ0) is 25.2. The summed E-state index contributed by atoms with van der Waals surface area (Å²) >= 11 is 0. The van der Waals surface area contributed by atoms with Crippen molar-refractivity contribution in [3.05, 3.63) is 78.0 Å². The standard InChI is InChI=1S/C24H21F5N4O2/c1-14-6-17(11-30-14)23(34)31-22-10-21(33(32-22)20-4-2-18(25)3-5-20)16-7-15(8-19(26)9-16)12-35-13-24(27,28)29/h2-5,7-10,17,30H,1,6,11-13H2,(H,31,32,34)/t17-/m0/s1. The number of carbonyl (C=O) groups excluding carboxylic acids is 1. The van der Waals surface area contributed by atoms with Crippen molar-refractivity contribution in [1.82, 2.24) is 15.1 Å². The average Bonchev–Trinajstić information content (AvgIpc) is 3.39. The maximum Gasteiger partial charge on any atom is 0.411 e. The third-order valence-electron chi connectivity index (χ3n) is 5.28. The fourth-order valence-electron chi connectivity index (χ4n) is 3.72. The summed E-state index contributed by atoms with van der Waals surface area (Å²) in [6.07, 6.45) is -4.03. The molecule has 0 saturated carbocycles. The summed E-state index contributed by atoms with van der Waals surface area (Å²) in [6.45, 7) is 2.30. The molecular formula is C24H21F5N4O2. The molecule has 1 aromatic heterocycles. The zero-order valence-corrected chi connectivity index (χ0v) is 18.3. The summed E-state index contributed by atoms with van der Waals surface area (Å²) in [5.41, 5.74) is 1.97. The van der Waals surface area contributed by atoms with Gasteiger partial charge >= 0.3 is 6.18 Å². The predicted octanol–water partition coefficient (Wildman–Crippen LogP) is 4.96. The smallest absolute Gasteiger partial charge is 0.388 e. The number of nitrogens with zero attached hydrogens (tertiary/aromatic N) is 2. The number of aromatic nitrogens is 2. The summed E-state index contributed by atoms with van der Waals surface area (Å²) in [6, 6.07) is 10.6. The van der Waals surface area contributed by atoms with Crippen LogP contribution in [0.25, 0.3) is 16.9 Å². The first kappa shape index (κ1) is 24.4. The van der Waals surface area contributed by atoms with Gasteiger partial charge in [0.05, 0.1) is 23.9 Å². The van der Waals surface area contributed by atoms with Crippen molar-refractivity contribution in [3.63, 3.8) is 0 Å². The Balaban J connectivity index is 1.66. The van der Waals surface area contributed by atoms with Crippen molar-refractivity contribution in [1.29, 1.82) is 0 Å².